The van der Waals surface area contributed by atoms with E-state index < -0.39 is 32.4 Å². The lowest BCUT2D eigenvalue weighted by atomic mass is 10.1. The zero-order valence-electron chi connectivity index (χ0n) is 15.8. The highest BCUT2D eigenvalue weighted by atomic mass is 28.4. The Morgan fingerprint density at radius 2 is 1.44 bits per heavy atom. The molecule has 2 nitrogen and oxygen atoms in total. The summed E-state index contributed by atoms with van der Waals surface area (Å²) in [5, 5.41) is 0. The van der Waals surface area contributed by atoms with Gasteiger partial charge in [0, 0.05) is 11.7 Å². The van der Waals surface area contributed by atoms with Crippen molar-refractivity contribution in [2.24, 2.45) is 0 Å². The summed E-state index contributed by atoms with van der Waals surface area (Å²) in [6.07, 6.45) is -11.2. The maximum absolute atomic E-state index is 14.3. The quantitative estimate of drug-likeness (QED) is 0.402. The fraction of sp³-hybridized carbons (Fsp3) is 0.667. The number of nitrogens with zero attached hydrogens (tertiary/aromatic N) is 1. The first-order chi connectivity index (χ1) is 12.4. The normalized spacial score (nSPS) is 18.7. The average molecular weight is 413 g/mol. The molecule has 0 saturated heterocycles. The van der Waals surface area contributed by atoms with Gasteiger partial charge in [0.2, 0.25) is 0 Å². The minimum absolute atomic E-state index is 0.0640. The molecule has 0 unspecified atom stereocenters. The Kier molecular flexibility index (Phi) is 5.97. The van der Waals surface area contributed by atoms with Gasteiger partial charge in [0.05, 0.1) is 0 Å². The number of alkyl halides is 6. The number of para-hydroxylation sites is 1. The fourth-order valence-electron chi connectivity index (χ4n) is 3.92. The van der Waals surface area contributed by atoms with Crippen LogP contribution < -0.4 is 4.90 Å². The fourth-order valence-corrected chi connectivity index (χ4v) is 6.81. The van der Waals surface area contributed by atoms with Crippen molar-refractivity contribution in [3.63, 3.8) is 0 Å². The van der Waals surface area contributed by atoms with E-state index in [1.807, 2.05) is 0 Å². The maximum Gasteiger partial charge on any atom is 0.445 e. The Balaban J connectivity index is 2.78. The summed E-state index contributed by atoms with van der Waals surface area (Å²) in [5.41, 5.74) is -3.95. The van der Waals surface area contributed by atoms with Gasteiger partial charge in [-0.2, -0.15) is 26.3 Å². The van der Waals surface area contributed by atoms with E-state index in [9.17, 15) is 26.3 Å². The molecule has 0 bridgehead atoms. The van der Waals surface area contributed by atoms with E-state index in [0.717, 1.165) is 0 Å². The van der Waals surface area contributed by atoms with E-state index in [-0.39, 0.29) is 30.2 Å². The van der Waals surface area contributed by atoms with E-state index in [1.165, 1.54) is 19.1 Å². The molecule has 1 atom stereocenters. The zero-order valence-corrected chi connectivity index (χ0v) is 16.8. The topological polar surface area (TPSA) is 12.5 Å². The van der Waals surface area contributed by atoms with Crippen LogP contribution in [0.25, 0.3) is 0 Å². The Morgan fingerprint density at radius 3 is 1.89 bits per heavy atom. The highest BCUT2D eigenvalue weighted by Gasteiger charge is 2.78. The monoisotopic (exact) mass is 413 g/mol. The number of hydrogen-bond acceptors (Lipinski definition) is 2. The molecule has 0 N–H and O–H groups in total. The van der Waals surface area contributed by atoms with Crippen LogP contribution in [-0.4, -0.2) is 32.4 Å². The second-order valence-electron chi connectivity index (χ2n) is 7.04. The first kappa shape index (κ1) is 22.1. The van der Waals surface area contributed by atoms with Gasteiger partial charge >= 0.3 is 18.1 Å². The molecule has 0 saturated carbocycles. The van der Waals surface area contributed by atoms with Crippen molar-refractivity contribution < 1.29 is 30.8 Å². The van der Waals surface area contributed by atoms with Crippen LogP contribution in [0.4, 0.5) is 32.0 Å². The Hall–Kier alpha value is -1.22. The molecule has 1 aromatic carbocycles. The summed E-state index contributed by atoms with van der Waals surface area (Å²) in [6.45, 7) is 6.21. The van der Waals surface area contributed by atoms with E-state index in [4.69, 9.17) is 4.43 Å². The second kappa shape index (κ2) is 7.31. The van der Waals surface area contributed by atoms with Crippen LogP contribution in [0.2, 0.25) is 18.1 Å². The molecule has 1 aliphatic heterocycles. The maximum atomic E-state index is 14.3. The van der Waals surface area contributed by atoms with Crippen molar-refractivity contribution in [2.45, 2.75) is 76.4 Å². The third kappa shape index (κ3) is 3.48. The van der Waals surface area contributed by atoms with Crippen LogP contribution in [0.3, 0.4) is 0 Å². The number of halogens is 6. The summed E-state index contributed by atoms with van der Waals surface area (Å²) in [4.78, 5) is 0.422. The van der Waals surface area contributed by atoms with Crippen LogP contribution in [0.15, 0.2) is 24.3 Å². The first-order valence-electron chi connectivity index (χ1n) is 9.10. The summed E-state index contributed by atoms with van der Waals surface area (Å²) in [7, 11) is -3.27. The lowest BCUT2D eigenvalue weighted by Crippen LogP contribution is -2.73. The van der Waals surface area contributed by atoms with Crippen molar-refractivity contribution in [1.29, 1.82) is 0 Å². The summed E-state index contributed by atoms with van der Waals surface area (Å²) in [6, 6.07) is 5.47. The molecule has 0 amide bonds. The number of rotatable bonds is 6. The molecule has 1 heterocycles. The molecule has 0 fully saturated rings. The smallest absolute Gasteiger partial charge is 0.381 e. The van der Waals surface area contributed by atoms with Crippen LogP contribution >= 0.6 is 0 Å². The van der Waals surface area contributed by atoms with Gasteiger partial charge in [0.25, 0.3) is 0 Å². The summed E-state index contributed by atoms with van der Waals surface area (Å²) >= 11 is 0. The number of fused-ring (bicyclic) bond motifs is 1. The first-order valence-corrected chi connectivity index (χ1v) is 11.6. The Bertz CT molecular complexity index is 634. The molecular formula is C18H25F6NOSi. The third-order valence-corrected chi connectivity index (χ3v) is 10.2. The second-order valence-corrected chi connectivity index (χ2v) is 11.7. The van der Waals surface area contributed by atoms with Crippen LogP contribution in [0, 0.1) is 0 Å². The van der Waals surface area contributed by atoms with Crippen molar-refractivity contribution in [2.75, 3.05) is 4.90 Å². The summed E-state index contributed by atoms with van der Waals surface area (Å²) in [5.74, 6) is 0. The highest BCUT2D eigenvalue weighted by molar-refractivity contribution is 6.73. The Morgan fingerprint density at radius 1 is 0.963 bits per heavy atom. The summed E-state index contributed by atoms with van der Waals surface area (Å²) < 4.78 is 90.9. The van der Waals surface area contributed by atoms with Crippen LogP contribution in [0.5, 0.6) is 0 Å². The molecular weight excluding hydrogens is 388 g/mol. The predicted molar refractivity (Wildman–Crippen MR) is 95.2 cm³/mol. The molecule has 0 aliphatic carbocycles. The molecule has 0 spiro atoms. The van der Waals surface area contributed by atoms with Crippen molar-refractivity contribution in [3.05, 3.63) is 29.8 Å². The molecule has 0 radical (unpaired) electrons. The minimum Gasteiger partial charge on any atom is -0.381 e. The van der Waals surface area contributed by atoms with Crippen LogP contribution in [-0.2, 0) is 10.8 Å². The van der Waals surface area contributed by atoms with Crippen molar-refractivity contribution in [3.8, 4) is 0 Å². The zero-order chi connectivity index (χ0) is 20.7. The van der Waals surface area contributed by atoms with E-state index in [1.54, 1.807) is 32.9 Å². The molecule has 2 rings (SSSR count). The lowest BCUT2D eigenvalue weighted by Gasteiger charge is -2.50. The van der Waals surface area contributed by atoms with Gasteiger partial charge in [-0.25, -0.2) is 0 Å². The molecule has 1 aliphatic rings. The van der Waals surface area contributed by atoms with Gasteiger partial charge in [0.1, 0.15) is 0 Å². The average Bonchev–Trinajstić information content (AvgIpc) is 2.91. The van der Waals surface area contributed by atoms with Gasteiger partial charge in [-0.15, -0.1) is 0 Å². The molecule has 1 aromatic rings. The number of benzene rings is 1. The SMILES string of the molecule is CC[Si](CC)(CC)OC(N1c2ccccc2C[C@@H]1C)(C(F)(F)F)C(F)(F)F. The number of hydrogen-bond donors (Lipinski definition) is 0. The van der Waals surface area contributed by atoms with E-state index >= 15 is 0 Å². The molecule has 27 heavy (non-hydrogen) atoms. The van der Waals surface area contributed by atoms with Gasteiger partial charge in [-0.1, -0.05) is 39.0 Å². The molecule has 0 aromatic heterocycles. The van der Waals surface area contributed by atoms with Crippen molar-refractivity contribution in [1.82, 2.24) is 0 Å². The standard InChI is InChI=1S/C18H25F6NOSi/c1-5-27(6-2,7-3)26-16(17(19,20)21,18(22,23)24)25-13(4)12-14-10-8-9-11-15(14)25/h8-11,13H,5-7,12H2,1-4H3/t13-/m0/s1. The highest BCUT2D eigenvalue weighted by Crippen LogP contribution is 2.55. The lowest BCUT2D eigenvalue weighted by molar-refractivity contribution is -0.361. The van der Waals surface area contributed by atoms with E-state index in [0.29, 0.717) is 10.5 Å². The van der Waals surface area contributed by atoms with E-state index in [2.05, 4.69) is 0 Å². The van der Waals surface area contributed by atoms with Gasteiger partial charge in [-0.3, -0.25) is 0 Å². The number of anilines is 1. The predicted octanol–water partition coefficient (Wildman–Crippen LogP) is 6.28. The minimum atomic E-state index is -5.64. The molecule has 9 heteroatoms. The van der Waals surface area contributed by atoms with Gasteiger partial charge in [0.15, 0.2) is 8.32 Å². The van der Waals surface area contributed by atoms with Crippen LogP contribution in [0.1, 0.15) is 33.3 Å². The Labute approximate surface area is 156 Å². The largest absolute Gasteiger partial charge is 0.445 e. The van der Waals surface area contributed by atoms with Gasteiger partial charge < -0.3 is 9.33 Å². The van der Waals surface area contributed by atoms with Gasteiger partial charge in [-0.05, 0) is 43.1 Å². The molecule has 154 valence electrons. The van der Waals surface area contributed by atoms with Crippen molar-refractivity contribution >= 4 is 14.0 Å². The third-order valence-electron chi connectivity index (χ3n) is 5.61.